The number of piperidine rings is 1. The van der Waals surface area contributed by atoms with E-state index in [1.165, 1.54) is 0 Å². The number of quaternary nitrogens is 1. The Bertz CT molecular complexity index is 167. The second kappa shape index (κ2) is 2.44. The lowest BCUT2D eigenvalue weighted by Crippen LogP contribution is -2.66. The third-order valence-electron chi connectivity index (χ3n) is 3.17. The van der Waals surface area contributed by atoms with Gasteiger partial charge in [0.05, 0.1) is 11.1 Å². The molecule has 0 aromatic rings. The van der Waals surface area contributed by atoms with Gasteiger partial charge in [0.15, 0.2) is 0 Å². The van der Waals surface area contributed by atoms with Crippen molar-refractivity contribution < 1.29 is 4.81 Å². The Balaban J connectivity index is 2.99. The molecule has 0 radical (unpaired) electrons. The maximum Gasteiger partial charge on any atom is 0.0933 e. The molecule has 0 unspecified atom stereocenters. The summed E-state index contributed by atoms with van der Waals surface area (Å²) in [7, 11) is 0. The fraction of sp³-hybridized carbons (Fsp3) is 1.00. The lowest BCUT2D eigenvalue weighted by Gasteiger charge is -2.68. The van der Waals surface area contributed by atoms with Crippen LogP contribution in [0.1, 0.15) is 47.0 Å². The average Bonchev–Trinajstić information content (AvgIpc) is 1.83. The molecule has 0 saturated carbocycles. The Labute approximate surface area is 74.1 Å². The molecule has 1 aliphatic rings. The fourth-order valence-corrected chi connectivity index (χ4v) is 2.07. The molecule has 0 aromatic carbocycles. The van der Waals surface area contributed by atoms with Crippen LogP contribution in [0.25, 0.3) is 0 Å². The zero-order valence-electron chi connectivity index (χ0n) is 8.39. The van der Waals surface area contributed by atoms with Gasteiger partial charge in [-0.05, 0) is 34.1 Å². The van der Waals surface area contributed by atoms with E-state index in [9.17, 15) is 10.4 Å². The van der Waals surface area contributed by atoms with Crippen molar-refractivity contribution in [3.05, 3.63) is 10.4 Å². The molecule has 1 saturated heterocycles. The van der Waals surface area contributed by atoms with E-state index in [1.807, 2.05) is 0 Å². The first-order chi connectivity index (χ1) is 5.21. The van der Waals surface area contributed by atoms with Gasteiger partial charge in [-0.25, -0.2) is 0 Å². The predicted octanol–water partition coefficient (Wildman–Crippen LogP) is 2.54. The molecule has 12 heavy (non-hydrogen) atoms. The zero-order valence-corrected chi connectivity index (χ0v) is 8.39. The van der Waals surface area contributed by atoms with Crippen LogP contribution < -0.4 is 0 Å². The Kier molecular flexibility index (Phi) is 2.02. The van der Waals surface area contributed by atoms with Crippen molar-refractivity contribution in [3.63, 3.8) is 0 Å². The molecule has 0 N–H and O–H groups in total. The summed E-state index contributed by atoms with van der Waals surface area (Å²) in [4.78, 5) is -1.35. The van der Waals surface area contributed by atoms with E-state index in [0.717, 1.165) is 19.3 Å². The van der Waals surface area contributed by atoms with E-state index in [0.29, 0.717) is 0 Å². The summed E-state index contributed by atoms with van der Waals surface area (Å²) in [5.41, 5.74) is -1.33. The molecular weight excluding hydrogens is 154 g/mol. The van der Waals surface area contributed by atoms with Crippen molar-refractivity contribution in [3.8, 4) is 0 Å². The molecule has 1 heterocycles. The lowest BCUT2D eigenvalue weighted by molar-refractivity contribution is -0.935. The summed E-state index contributed by atoms with van der Waals surface area (Å²) >= 11 is 0. The van der Waals surface area contributed by atoms with Crippen molar-refractivity contribution in [2.45, 2.75) is 58.0 Å². The van der Waals surface area contributed by atoms with E-state index in [1.54, 1.807) is 27.7 Å². The molecule has 3 nitrogen and oxygen atoms in total. The van der Waals surface area contributed by atoms with Crippen LogP contribution in [0.4, 0.5) is 0 Å². The van der Waals surface area contributed by atoms with Gasteiger partial charge in [0.2, 0.25) is 0 Å². The van der Waals surface area contributed by atoms with Crippen LogP contribution in [0.15, 0.2) is 0 Å². The minimum Gasteiger partial charge on any atom is -0.631 e. The van der Waals surface area contributed by atoms with E-state index >= 15 is 0 Å². The standard InChI is InChI=1S/C9H18NO2/c1-8(2)6-5-7-9(3,4)10(8,11)12/h5-7H2,1-4H3/q-1. The van der Waals surface area contributed by atoms with Gasteiger partial charge in [0, 0.05) is 12.8 Å². The van der Waals surface area contributed by atoms with Crippen molar-refractivity contribution in [2.75, 3.05) is 0 Å². The minimum absolute atomic E-state index is 0.665. The molecule has 0 atom stereocenters. The van der Waals surface area contributed by atoms with Crippen LogP contribution >= 0.6 is 0 Å². The highest BCUT2D eigenvalue weighted by atomic mass is 16.8. The van der Waals surface area contributed by atoms with E-state index < -0.39 is 15.9 Å². The number of rotatable bonds is 0. The molecule has 1 aliphatic heterocycles. The van der Waals surface area contributed by atoms with Gasteiger partial charge >= 0.3 is 0 Å². The topological polar surface area (TPSA) is 46.1 Å². The molecule has 3 heteroatoms. The van der Waals surface area contributed by atoms with Gasteiger partial charge in [-0.3, -0.25) is 0 Å². The highest BCUT2D eigenvalue weighted by Gasteiger charge is 2.45. The van der Waals surface area contributed by atoms with Crippen LogP contribution in [0.5, 0.6) is 0 Å². The summed E-state index contributed by atoms with van der Waals surface area (Å²) in [6.07, 6.45) is 2.47. The van der Waals surface area contributed by atoms with Crippen LogP contribution in [0.2, 0.25) is 0 Å². The molecule has 1 rings (SSSR count). The monoisotopic (exact) mass is 172 g/mol. The first kappa shape index (κ1) is 9.96. The molecule has 1 fully saturated rings. The van der Waals surface area contributed by atoms with Crippen molar-refractivity contribution in [2.24, 2.45) is 0 Å². The Hall–Kier alpha value is -0.120. The highest BCUT2D eigenvalue weighted by molar-refractivity contribution is 4.87. The number of nitrogens with zero attached hydrogens (tertiary/aromatic N) is 1. The summed E-state index contributed by atoms with van der Waals surface area (Å²) in [5, 5.41) is 23.6. The first-order valence-corrected chi connectivity index (χ1v) is 4.52. The normalized spacial score (nSPS) is 31.5. The van der Waals surface area contributed by atoms with Crippen molar-refractivity contribution in [1.82, 2.24) is 0 Å². The summed E-state index contributed by atoms with van der Waals surface area (Å²) < 4.78 is 0. The molecule has 0 aliphatic carbocycles. The molecule has 0 bridgehead atoms. The number of hydrogen-bond donors (Lipinski definition) is 0. The van der Waals surface area contributed by atoms with Crippen LogP contribution in [-0.2, 0) is 0 Å². The van der Waals surface area contributed by atoms with Crippen LogP contribution in [0.3, 0.4) is 0 Å². The van der Waals surface area contributed by atoms with Crippen molar-refractivity contribution >= 4 is 0 Å². The van der Waals surface area contributed by atoms with E-state index in [4.69, 9.17) is 0 Å². The molecule has 0 aromatic heterocycles. The van der Waals surface area contributed by atoms with Crippen molar-refractivity contribution in [1.29, 1.82) is 0 Å². The molecular formula is C9H18NO2-. The lowest BCUT2D eigenvalue weighted by atomic mass is 9.81. The molecule has 0 spiro atoms. The number of hydrogen-bond acceptors (Lipinski definition) is 2. The second-order valence-corrected chi connectivity index (χ2v) is 5.03. The summed E-state index contributed by atoms with van der Waals surface area (Å²) in [6.45, 7) is 7.09. The molecule has 0 amide bonds. The fourth-order valence-electron chi connectivity index (χ4n) is 2.07. The number of hydroxylamine groups is 4. The Morgan fingerprint density at radius 1 is 0.917 bits per heavy atom. The van der Waals surface area contributed by atoms with Gasteiger partial charge < -0.3 is 15.2 Å². The first-order valence-electron chi connectivity index (χ1n) is 4.52. The van der Waals surface area contributed by atoms with Gasteiger partial charge in [0.1, 0.15) is 0 Å². The smallest absolute Gasteiger partial charge is 0.0933 e. The van der Waals surface area contributed by atoms with Gasteiger partial charge in [-0.1, -0.05) is 0 Å². The molecule has 72 valence electrons. The van der Waals surface area contributed by atoms with Crippen LogP contribution in [0, 0.1) is 10.4 Å². The van der Waals surface area contributed by atoms with E-state index in [2.05, 4.69) is 0 Å². The van der Waals surface area contributed by atoms with E-state index in [-0.39, 0.29) is 0 Å². The summed E-state index contributed by atoms with van der Waals surface area (Å²) in [6, 6.07) is 0. The Morgan fingerprint density at radius 3 is 1.50 bits per heavy atom. The van der Waals surface area contributed by atoms with Gasteiger partial charge in [0.25, 0.3) is 0 Å². The third kappa shape index (κ3) is 1.16. The van der Waals surface area contributed by atoms with Crippen LogP contribution in [-0.4, -0.2) is 15.9 Å². The van der Waals surface area contributed by atoms with Gasteiger partial charge in [-0.15, -0.1) is 0 Å². The largest absolute Gasteiger partial charge is 0.631 e. The maximum atomic E-state index is 11.8. The second-order valence-electron chi connectivity index (χ2n) is 5.03. The average molecular weight is 172 g/mol. The predicted molar refractivity (Wildman–Crippen MR) is 49.0 cm³/mol. The van der Waals surface area contributed by atoms with Gasteiger partial charge in [-0.2, -0.15) is 0 Å². The quantitative estimate of drug-likeness (QED) is 0.416. The third-order valence-corrected chi connectivity index (χ3v) is 3.17. The maximum absolute atomic E-state index is 11.8. The Morgan fingerprint density at radius 2 is 1.25 bits per heavy atom. The highest BCUT2D eigenvalue weighted by Crippen LogP contribution is 2.43. The minimum atomic E-state index is -1.35. The summed E-state index contributed by atoms with van der Waals surface area (Å²) in [5.74, 6) is 0. The zero-order chi connectivity index (χ0) is 9.62. The SMILES string of the molecule is CC1(C)CCCC(C)(C)[N+]1([O-])[O-].